The van der Waals surface area contributed by atoms with Gasteiger partial charge in [0.25, 0.3) is 0 Å². The summed E-state index contributed by atoms with van der Waals surface area (Å²) in [6, 6.07) is 0. The third-order valence-electron chi connectivity index (χ3n) is 0. The van der Waals surface area contributed by atoms with E-state index in [0.29, 0.717) is 0 Å². The molecule has 0 N–H and O–H groups in total. The van der Waals surface area contributed by atoms with Crippen LogP contribution >= 0.6 is 0 Å². The molecule has 0 unspecified atom stereocenters. The number of hydrogen-bond donors (Lipinski definition) is 0. The Morgan fingerprint density at radius 3 is 1.00 bits per heavy atom. The Kier molecular flexibility index (Phi) is 272. The van der Waals surface area contributed by atoms with Crippen LogP contribution in [-0.2, 0) is 58.9 Å². The molecule has 0 saturated carbocycles. The standard InChI is InChI=1S/Ca.2O.Ti.Zr.2H/q+2;2*-2;;+4;2*-1. The van der Waals surface area contributed by atoms with Crippen molar-refractivity contribution < 1.29 is 61.7 Å². The van der Waals surface area contributed by atoms with E-state index in [1.165, 1.54) is 0 Å². The van der Waals surface area contributed by atoms with Crippen LogP contribution in [0, 0.1) is 0 Å². The quantitative estimate of drug-likeness (QED) is 0.492. The summed E-state index contributed by atoms with van der Waals surface area (Å²) in [7, 11) is 0. The molecule has 0 spiro atoms. The van der Waals surface area contributed by atoms with E-state index in [9.17, 15) is 0 Å². The summed E-state index contributed by atoms with van der Waals surface area (Å²) >= 11 is 0. The molecule has 0 saturated heterocycles. The summed E-state index contributed by atoms with van der Waals surface area (Å²) in [6.45, 7) is 0. The summed E-state index contributed by atoms with van der Waals surface area (Å²) in [5, 5.41) is 0. The van der Waals surface area contributed by atoms with E-state index in [4.69, 9.17) is 0 Å². The third kappa shape index (κ3) is 20.1. The monoisotopic (exact) mass is 212 g/mol. The molecule has 2 nitrogen and oxygen atoms in total. The Hall–Kier alpha value is 2.78. The van der Waals surface area contributed by atoms with Crippen molar-refractivity contribution in [2.75, 3.05) is 0 Å². The maximum Gasteiger partial charge on any atom is 4.00 e. The SMILES string of the molecule is [Ca+2].[H-].[H-].[O-2].[O-2].[Ti].[Zr+4]. The van der Waals surface area contributed by atoms with Crippen LogP contribution in [0.2, 0.25) is 0 Å². The van der Waals surface area contributed by atoms with Crippen molar-refractivity contribution in [1.82, 2.24) is 0 Å². The molecule has 5 heavy (non-hydrogen) atoms. The van der Waals surface area contributed by atoms with Crippen molar-refractivity contribution in [3.05, 3.63) is 0 Å². The Bertz CT molecular complexity index is 15.7. The van der Waals surface area contributed by atoms with Gasteiger partial charge in [-0.15, -0.1) is 0 Å². The summed E-state index contributed by atoms with van der Waals surface area (Å²) in [6.07, 6.45) is 0. The second-order valence-electron chi connectivity index (χ2n) is 0. The van der Waals surface area contributed by atoms with Crippen LogP contribution in [0.4, 0.5) is 0 Å². The van der Waals surface area contributed by atoms with E-state index in [1.807, 2.05) is 0 Å². The molecule has 0 aromatic carbocycles. The third-order valence-corrected chi connectivity index (χ3v) is 0. The van der Waals surface area contributed by atoms with Crippen molar-refractivity contribution in [3.63, 3.8) is 0 Å². The van der Waals surface area contributed by atoms with E-state index in [0.717, 1.165) is 0 Å². The second kappa shape index (κ2) is 29.3. The largest absolute Gasteiger partial charge is 4.00 e. The summed E-state index contributed by atoms with van der Waals surface area (Å²) in [4.78, 5) is 0. The predicted molar refractivity (Wildman–Crippen MR) is 9.35 cm³/mol. The van der Waals surface area contributed by atoms with E-state index < -0.39 is 0 Å². The van der Waals surface area contributed by atoms with Crippen LogP contribution in [0.15, 0.2) is 0 Å². The van der Waals surface area contributed by atoms with Crippen LogP contribution in [0.3, 0.4) is 0 Å². The molecular formula is H2CaO2TiZr. The number of hydrogen-bond acceptors (Lipinski definition) is 0. The molecule has 0 aliphatic heterocycles. The molecule has 0 aromatic rings. The average molecular weight is 213 g/mol. The van der Waals surface area contributed by atoms with E-state index in [2.05, 4.69) is 0 Å². The van der Waals surface area contributed by atoms with E-state index in [1.54, 1.807) is 0 Å². The molecule has 0 aliphatic carbocycles. The molecule has 0 amide bonds. The Morgan fingerprint density at radius 1 is 1.00 bits per heavy atom. The maximum atomic E-state index is 0. The van der Waals surface area contributed by atoms with Gasteiger partial charge < -0.3 is 13.8 Å². The van der Waals surface area contributed by atoms with Gasteiger partial charge in [0.05, 0.1) is 0 Å². The first-order chi connectivity index (χ1) is 0. The van der Waals surface area contributed by atoms with Gasteiger partial charge in [-0.05, 0) is 0 Å². The zero-order chi connectivity index (χ0) is 0. The fourth-order valence-corrected chi connectivity index (χ4v) is 0. The van der Waals surface area contributed by atoms with Crippen LogP contribution in [-0.4, -0.2) is 37.7 Å². The fraction of sp³-hybridized carbons (Fsp3) is 0. The van der Waals surface area contributed by atoms with Gasteiger partial charge in [-0.3, -0.25) is 0 Å². The molecule has 0 bridgehead atoms. The molecule has 0 fully saturated rings. The van der Waals surface area contributed by atoms with Gasteiger partial charge in [0, 0.05) is 21.7 Å². The van der Waals surface area contributed by atoms with Crippen LogP contribution in [0.5, 0.6) is 0 Å². The topological polar surface area (TPSA) is 57.0 Å². The molecule has 5 heteroatoms. The molecule has 0 aliphatic rings. The van der Waals surface area contributed by atoms with Crippen molar-refractivity contribution in [2.24, 2.45) is 0 Å². The van der Waals surface area contributed by atoms with Gasteiger partial charge in [0.1, 0.15) is 0 Å². The van der Waals surface area contributed by atoms with Crippen molar-refractivity contribution >= 4 is 37.7 Å². The first kappa shape index (κ1) is 46.3. The minimum atomic E-state index is 0. The Labute approximate surface area is 97.7 Å². The van der Waals surface area contributed by atoms with Crippen molar-refractivity contribution in [2.45, 2.75) is 0 Å². The smallest absolute Gasteiger partial charge is 2.00 e. The molecular weight excluding hydrogens is 211 g/mol. The van der Waals surface area contributed by atoms with Gasteiger partial charge in [-0.2, -0.15) is 0 Å². The minimum Gasteiger partial charge on any atom is -2.00 e. The predicted octanol–water partition coefficient (Wildman–Crippen LogP) is -0.398. The summed E-state index contributed by atoms with van der Waals surface area (Å²) in [5.41, 5.74) is 0. The van der Waals surface area contributed by atoms with E-state index >= 15 is 0 Å². The number of rotatable bonds is 0. The van der Waals surface area contributed by atoms with Crippen LogP contribution in [0.25, 0.3) is 0 Å². The molecule has 0 heterocycles. The van der Waals surface area contributed by atoms with Gasteiger partial charge in [0.15, 0.2) is 0 Å². The zero-order valence-corrected chi connectivity index (χ0v) is 8.75. The van der Waals surface area contributed by atoms with Crippen molar-refractivity contribution in [1.29, 1.82) is 0 Å². The second-order valence-corrected chi connectivity index (χ2v) is 0. The summed E-state index contributed by atoms with van der Waals surface area (Å²) in [5.74, 6) is 0. The molecule has 0 radical (unpaired) electrons. The maximum absolute atomic E-state index is 0. The fourth-order valence-electron chi connectivity index (χ4n) is 0. The molecule has 0 atom stereocenters. The normalized spacial score (nSPS) is 0. The molecule has 0 rings (SSSR count). The van der Waals surface area contributed by atoms with Crippen molar-refractivity contribution in [3.8, 4) is 0 Å². The van der Waals surface area contributed by atoms with E-state index in [-0.39, 0.29) is 99.5 Å². The minimum absolute atomic E-state index is 0. The van der Waals surface area contributed by atoms with Gasteiger partial charge in [0.2, 0.25) is 0 Å². The van der Waals surface area contributed by atoms with Gasteiger partial charge in [-0.1, -0.05) is 0 Å². The summed E-state index contributed by atoms with van der Waals surface area (Å²) < 4.78 is 0. The van der Waals surface area contributed by atoms with Gasteiger partial charge in [-0.25, -0.2) is 0 Å². The Balaban J connectivity index is 0. The van der Waals surface area contributed by atoms with Crippen LogP contribution < -0.4 is 0 Å². The zero-order valence-electron chi connectivity index (χ0n) is 4.52. The van der Waals surface area contributed by atoms with Crippen LogP contribution in [0.1, 0.15) is 2.85 Å². The Morgan fingerprint density at radius 2 is 1.00 bits per heavy atom. The molecule has 24 valence electrons. The first-order valence-electron chi connectivity index (χ1n) is 0. The average Bonchev–Trinajstić information content (AvgIpc) is 0. The first-order valence-corrected chi connectivity index (χ1v) is 0. The molecule has 0 aromatic heterocycles. The van der Waals surface area contributed by atoms with Gasteiger partial charge >= 0.3 is 63.9 Å².